The van der Waals surface area contributed by atoms with Gasteiger partial charge in [0.15, 0.2) is 17.3 Å². The molecular weight excluding hydrogens is 536 g/mol. The summed E-state index contributed by atoms with van der Waals surface area (Å²) < 4.78 is 11.3. The molecule has 4 aromatic rings. The first-order valence-corrected chi connectivity index (χ1v) is 13.8. The van der Waals surface area contributed by atoms with E-state index in [0.717, 1.165) is 22.4 Å². The van der Waals surface area contributed by atoms with Crippen LogP contribution >= 0.6 is 22.9 Å². The van der Waals surface area contributed by atoms with Gasteiger partial charge in [-0.05, 0) is 49.6 Å². The van der Waals surface area contributed by atoms with Gasteiger partial charge in [0.2, 0.25) is 11.8 Å². The lowest BCUT2D eigenvalue weighted by Crippen LogP contribution is -2.46. The van der Waals surface area contributed by atoms with Crippen molar-refractivity contribution in [3.05, 3.63) is 70.6 Å². The third-order valence-electron chi connectivity index (χ3n) is 6.88. The zero-order valence-electron chi connectivity index (χ0n) is 21.9. The smallest absolute Gasteiger partial charge is 0.248 e. The summed E-state index contributed by atoms with van der Waals surface area (Å²) in [7, 11) is 3.13. The van der Waals surface area contributed by atoms with Crippen LogP contribution in [0.25, 0.3) is 22.0 Å². The molecule has 2 atom stereocenters. The Labute approximate surface area is 235 Å². The van der Waals surface area contributed by atoms with Crippen molar-refractivity contribution in [2.45, 2.75) is 38.3 Å². The number of imidazole rings is 1. The number of hydrogen-bond donors (Lipinski definition) is 2. The van der Waals surface area contributed by atoms with Gasteiger partial charge in [-0.1, -0.05) is 48.0 Å². The molecule has 39 heavy (non-hydrogen) atoms. The number of carbonyl (C=O) groups is 2. The summed E-state index contributed by atoms with van der Waals surface area (Å²) in [5.41, 5.74) is 2.36. The fourth-order valence-corrected chi connectivity index (χ4v) is 5.94. The van der Waals surface area contributed by atoms with E-state index in [9.17, 15) is 9.59 Å². The second kappa shape index (κ2) is 11.5. The van der Waals surface area contributed by atoms with E-state index in [1.807, 2.05) is 55.5 Å². The van der Waals surface area contributed by atoms with Crippen molar-refractivity contribution in [1.82, 2.24) is 14.9 Å². The van der Waals surface area contributed by atoms with E-state index in [0.29, 0.717) is 39.6 Å². The molecular formula is C29H29ClN4O4S. The lowest BCUT2D eigenvalue weighted by molar-refractivity contribution is -0.137. The van der Waals surface area contributed by atoms with Crippen molar-refractivity contribution in [3.63, 3.8) is 0 Å². The molecule has 2 amide bonds. The standard InChI is InChI=1S/C29H29ClN4O4S/c1-17-9-11-20(34(17)25(35)16-18-10-12-21(37-2)22(15-18)38-3)29(36)33-28-26(19-7-5-4-6-8-19)31-27(32-28)23-13-14-24(30)39-23/h4-8,10,12-15,17,20H,9,11,16H2,1-3H3,(H,31,32)(H,33,36)/t17-,20+/m0/s1. The summed E-state index contributed by atoms with van der Waals surface area (Å²) in [5, 5.41) is 3.01. The highest BCUT2D eigenvalue weighted by Crippen LogP contribution is 2.35. The van der Waals surface area contributed by atoms with E-state index in [1.54, 1.807) is 31.3 Å². The van der Waals surface area contributed by atoms with Gasteiger partial charge in [-0.25, -0.2) is 4.98 Å². The Kier molecular flexibility index (Phi) is 7.90. The SMILES string of the molecule is COc1ccc(CC(=O)N2[C@@H](C(=O)Nc3nc(-c4ccc(Cl)s4)[nH]c3-c3ccccc3)CC[C@@H]2C)cc1OC. The predicted molar refractivity (Wildman–Crippen MR) is 154 cm³/mol. The number of aromatic nitrogens is 2. The van der Waals surface area contributed by atoms with Crippen LogP contribution in [0.3, 0.4) is 0 Å². The van der Waals surface area contributed by atoms with Crippen LogP contribution in [0.5, 0.6) is 11.5 Å². The molecule has 0 unspecified atom stereocenters. The number of halogens is 1. The number of hydrogen-bond acceptors (Lipinski definition) is 6. The van der Waals surface area contributed by atoms with Crippen molar-refractivity contribution >= 4 is 40.6 Å². The highest BCUT2D eigenvalue weighted by molar-refractivity contribution is 7.19. The first-order chi connectivity index (χ1) is 18.9. The quantitative estimate of drug-likeness (QED) is 0.272. The van der Waals surface area contributed by atoms with Crippen molar-refractivity contribution < 1.29 is 19.1 Å². The first-order valence-electron chi connectivity index (χ1n) is 12.6. The molecule has 5 rings (SSSR count). The number of amides is 2. The third-order valence-corrected chi connectivity index (χ3v) is 8.11. The zero-order chi connectivity index (χ0) is 27.5. The molecule has 1 aliphatic heterocycles. The number of benzene rings is 2. The lowest BCUT2D eigenvalue weighted by Gasteiger charge is -2.28. The number of aromatic amines is 1. The Morgan fingerprint density at radius 3 is 2.54 bits per heavy atom. The molecule has 2 aromatic heterocycles. The van der Waals surface area contributed by atoms with Crippen LogP contribution in [0.2, 0.25) is 4.34 Å². The molecule has 1 aliphatic rings. The number of rotatable bonds is 8. The lowest BCUT2D eigenvalue weighted by atomic mass is 10.1. The average Bonchev–Trinajstić information content (AvgIpc) is 3.67. The molecule has 0 saturated carbocycles. The van der Waals surface area contributed by atoms with Gasteiger partial charge < -0.3 is 24.7 Å². The minimum Gasteiger partial charge on any atom is -0.493 e. The first kappa shape index (κ1) is 26.8. The number of nitrogens with one attached hydrogen (secondary N) is 2. The molecule has 0 aliphatic carbocycles. The monoisotopic (exact) mass is 564 g/mol. The normalized spacial score (nSPS) is 16.8. The maximum absolute atomic E-state index is 13.6. The molecule has 1 fully saturated rings. The molecule has 0 bridgehead atoms. The number of nitrogens with zero attached hydrogens (tertiary/aromatic N) is 2. The van der Waals surface area contributed by atoms with Crippen molar-refractivity contribution in [3.8, 4) is 33.5 Å². The Balaban J connectivity index is 1.38. The van der Waals surface area contributed by atoms with Crippen molar-refractivity contribution in [1.29, 1.82) is 0 Å². The van der Waals surface area contributed by atoms with Crippen LogP contribution in [-0.4, -0.2) is 53.0 Å². The summed E-state index contributed by atoms with van der Waals surface area (Å²) in [4.78, 5) is 37.7. The highest BCUT2D eigenvalue weighted by Gasteiger charge is 2.39. The third kappa shape index (κ3) is 5.65. The van der Waals surface area contributed by atoms with Gasteiger partial charge in [-0.2, -0.15) is 0 Å². The van der Waals surface area contributed by atoms with Crippen molar-refractivity contribution in [2.24, 2.45) is 0 Å². The Bertz CT molecular complexity index is 1490. The number of methoxy groups -OCH3 is 2. The highest BCUT2D eigenvalue weighted by atomic mass is 35.5. The van der Waals surface area contributed by atoms with E-state index in [2.05, 4.69) is 10.3 Å². The Morgan fingerprint density at radius 1 is 1.08 bits per heavy atom. The Morgan fingerprint density at radius 2 is 1.85 bits per heavy atom. The number of ether oxygens (including phenoxy) is 2. The maximum atomic E-state index is 13.6. The summed E-state index contributed by atoms with van der Waals surface area (Å²) in [6.07, 6.45) is 1.46. The molecule has 3 heterocycles. The number of likely N-dealkylation sites (tertiary alicyclic amines) is 1. The van der Waals surface area contributed by atoms with Crippen LogP contribution in [0.15, 0.2) is 60.7 Å². The Hall–Kier alpha value is -3.82. The largest absolute Gasteiger partial charge is 0.493 e. The maximum Gasteiger partial charge on any atom is 0.248 e. The minimum atomic E-state index is -0.604. The summed E-state index contributed by atoms with van der Waals surface area (Å²) in [6.45, 7) is 1.97. The summed E-state index contributed by atoms with van der Waals surface area (Å²) in [5.74, 6) is 1.80. The van der Waals surface area contributed by atoms with Gasteiger partial charge in [0, 0.05) is 11.6 Å². The zero-order valence-corrected chi connectivity index (χ0v) is 23.4. The van der Waals surface area contributed by atoms with Crippen molar-refractivity contribution in [2.75, 3.05) is 19.5 Å². The van der Waals surface area contributed by atoms with Crippen LogP contribution in [0.1, 0.15) is 25.3 Å². The molecule has 0 radical (unpaired) electrons. The van der Waals surface area contributed by atoms with Gasteiger partial charge in [-0.15, -0.1) is 11.3 Å². The van der Waals surface area contributed by atoms with Gasteiger partial charge in [0.1, 0.15) is 11.9 Å². The molecule has 2 N–H and O–H groups in total. The van der Waals surface area contributed by atoms with E-state index in [1.165, 1.54) is 11.3 Å². The molecule has 202 valence electrons. The fraction of sp³-hybridized carbons (Fsp3) is 0.276. The van der Waals surface area contributed by atoms with Gasteiger partial charge in [0.05, 0.1) is 35.5 Å². The van der Waals surface area contributed by atoms with Crippen LogP contribution in [-0.2, 0) is 16.0 Å². The van der Waals surface area contributed by atoms with E-state index in [4.69, 9.17) is 26.1 Å². The topological polar surface area (TPSA) is 96.5 Å². The fourth-order valence-electron chi connectivity index (χ4n) is 4.95. The van der Waals surface area contributed by atoms with Gasteiger partial charge in [0.25, 0.3) is 0 Å². The van der Waals surface area contributed by atoms with Gasteiger partial charge >= 0.3 is 0 Å². The summed E-state index contributed by atoms with van der Waals surface area (Å²) in [6, 6.07) is 18.1. The number of carbonyl (C=O) groups excluding carboxylic acids is 2. The molecule has 10 heteroatoms. The summed E-state index contributed by atoms with van der Waals surface area (Å²) >= 11 is 7.55. The molecule has 1 saturated heterocycles. The number of H-pyrrole nitrogens is 1. The minimum absolute atomic E-state index is 0.0648. The van der Waals surface area contributed by atoms with Crippen LogP contribution < -0.4 is 14.8 Å². The second-order valence-electron chi connectivity index (χ2n) is 9.38. The molecule has 2 aromatic carbocycles. The molecule has 8 nitrogen and oxygen atoms in total. The van der Waals surface area contributed by atoms with E-state index in [-0.39, 0.29) is 24.3 Å². The number of anilines is 1. The second-order valence-corrected chi connectivity index (χ2v) is 11.1. The van der Waals surface area contributed by atoms with Crippen LogP contribution in [0, 0.1) is 0 Å². The number of thiophene rings is 1. The average molecular weight is 565 g/mol. The molecule has 0 spiro atoms. The van der Waals surface area contributed by atoms with Gasteiger partial charge in [-0.3, -0.25) is 9.59 Å². The van der Waals surface area contributed by atoms with E-state index < -0.39 is 6.04 Å². The van der Waals surface area contributed by atoms with Crippen LogP contribution in [0.4, 0.5) is 5.82 Å². The van der Waals surface area contributed by atoms with E-state index >= 15 is 0 Å². The predicted octanol–water partition coefficient (Wildman–Crippen LogP) is 6.04.